The second-order valence-corrected chi connectivity index (χ2v) is 6.90. The molecule has 3 rings (SSSR count). The van der Waals surface area contributed by atoms with E-state index in [-0.39, 0.29) is 5.82 Å². The molecule has 0 radical (unpaired) electrons. The Kier molecular flexibility index (Phi) is 7.74. The third-order valence-corrected chi connectivity index (χ3v) is 4.60. The van der Waals surface area contributed by atoms with Crippen LogP contribution in [0, 0.1) is 28.5 Å². The van der Waals surface area contributed by atoms with Gasteiger partial charge in [0, 0.05) is 18.8 Å². The molecule has 154 valence electrons. The van der Waals surface area contributed by atoms with Crippen molar-refractivity contribution < 1.29 is 4.39 Å². The maximum Gasteiger partial charge on any atom is 0.199 e. The molecule has 0 bridgehead atoms. The number of halogens is 1. The molecular formula is C25H22FN5. The van der Waals surface area contributed by atoms with Crippen molar-refractivity contribution in [3.8, 4) is 12.1 Å². The van der Waals surface area contributed by atoms with Crippen LogP contribution in [-0.4, -0.2) is 17.4 Å². The maximum absolute atomic E-state index is 13.2. The molecule has 0 aromatic heterocycles. The van der Waals surface area contributed by atoms with Gasteiger partial charge in [-0.1, -0.05) is 42.5 Å². The van der Waals surface area contributed by atoms with Crippen LogP contribution in [0.4, 0.5) is 10.1 Å². The zero-order valence-electron chi connectivity index (χ0n) is 17.0. The van der Waals surface area contributed by atoms with Crippen LogP contribution in [0.25, 0.3) is 0 Å². The molecule has 6 heteroatoms. The summed E-state index contributed by atoms with van der Waals surface area (Å²) in [7, 11) is 0. The maximum atomic E-state index is 13.2. The Balaban J connectivity index is 1.89. The number of nitrogens with one attached hydrogen (secondary N) is 1. The van der Waals surface area contributed by atoms with Crippen molar-refractivity contribution in [3.05, 3.63) is 101 Å². The van der Waals surface area contributed by atoms with Gasteiger partial charge in [-0.3, -0.25) is 0 Å². The van der Waals surface area contributed by atoms with Crippen LogP contribution in [0.5, 0.6) is 0 Å². The normalized spacial score (nSPS) is 10.7. The smallest absolute Gasteiger partial charge is 0.199 e. The lowest BCUT2D eigenvalue weighted by Crippen LogP contribution is -2.37. The van der Waals surface area contributed by atoms with Crippen LogP contribution in [0.15, 0.2) is 83.9 Å². The molecule has 0 spiro atoms. The molecule has 3 aromatic rings. The van der Waals surface area contributed by atoms with E-state index in [1.807, 2.05) is 47.4 Å². The molecular weight excluding hydrogens is 389 g/mol. The molecule has 5 nitrogen and oxygen atoms in total. The van der Waals surface area contributed by atoms with Gasteiger partial charge in [0.25, 0.3) is 0 Å². The standard InChI is InChI=1S/C25H22FN5/c26-23-11-7-21(8-12-23)18-29-25(30-24-13-9-20(17-28)10-14-24)31(16-4-15-27)19-22-5-2-1-3-6-22/h1-3,5-14H,4,16,18-19H2,(H,29,30). The highest BCUT2D eigenvalue weighted by Gasteiger charge is 2.13. The monoisotopic (exact) mass is 411 g/mol. The minimum Gasteiger partial charge on any atom is -0.337 e. The van der Waals surface area contributed by atoms with Gasteiger partial charge < -0.3 is 10.2 Å². The zero-order chi connectivity index (χ0) is 21.9. The highest BCUT2D eigenvalue weighted by molar-refractivity contribution is 5.93. The molecule has 0 aliphatic rings. The van der Waals surface area contributed by atoms with Crippen LogP contribution in [-0.2, 0) is 13.1 Å². The number of hydrogen-bond acceptors (Lipinski definition) is 3. The van der Waals surface area contributed by atoms with Crippen LogP contribution in [0.1, 0.15) is 23.1 Å². The Bertz CT molecular complexity index is 1080. The molecule has 0 aliphatic carbocycles. The summed E-state index contributed by atoms with van der Waals surface area (Å²) in [5, 5.41) is 21.5. The Morgan fingerprint density at radius 3 is 2.26 bits per heavy atom. The van der Waals surface area contributed by atoms with E-state index in [4.69, 9.17) is 15.5 Å². The van der Waals surface area contributed by atoms with Gasteiger partial charge in [0.1, 0.15) is 5.82 Å². The van der Waals surface area contributed by atoms with E-state index in [9.17, 15) is 4.39 Å². The summed E-state index contributed by atoms with van der Waals surface area (Å²) in [4.78, 5) is 6.76. The van der Waals surface area contributed by atoms with Gasteiger partial charge in [-0.25, -0.2) is 9.38 Å². The molecule has 1 N–H and O–H groups in total. The topological polar surface area (TPSA) is 75.2 Å². The molecule has 0 saturated carbocycles. The number of benzene rings is 3. The van der Waals surface area contributed by atoms with E-state index in [1.165, 1.54) is 12.1 Å². The van der Waals surface area contributed by atoms with Crippen molar-refractivity contribution in [1.29, 1.82) is 10.5 Å². The Labute approximate surface area is 181 Å². The number of nitrogens with zero attached hydrogens (tertiary/aromatic N) is 4. The zero-order valence-corrected chi connectivity index (χ0v) is 17.0. The first-order valence-corrected chi connectivity index (χ1v) is 9.90. The number of guanidine groups is 1. The van der Waals surface area contributed by atoms with Crippen molar-refractivity contribution >= 4 is 11.6 Å². The highest BCUT2D eigenvalue weighted by Crippen LogP contribution is 2.14. The van der Waals surface area contributed by atoms with Crippen LogP contribution >= 0.6 is 0 Å². The fourth-order valence-corrected chi connectivity index (χ4v) is 2.98. The molecule has 0 atom stereocenters. The SMILES string of the molecule is N#CCCN(Cc1ccccc1)C(=NCc1ccc(F)cc1)Nc1ccc(C#N)cc1. The largest absolute Gasteiger partial charge is 0.337 e. The van der Waals surface area contributed by atoms with Crippen molar-refractivity contribution in [2.45, 2.75) is 19.5 Å². The summed E-state index contributed by atoms with van der Waals surface area (Å²) in [6, 6.07) is 27.6. The Morgan fingerprint density at radius 2 is 1.61 bits per heavy atom. The van der Waals surface area contributed by atoms with Gasteiger partial charge in [-0.2, -0.15) is 10.5 Å². The molecule has 0 saturated heterocycles. The summed E-state index contributed by atoms with van der Waals surface area (Å²) in [6.07, 6.45) is 0.345. The molecule has 0 unspecified atom stereocenters. The van der Waals surface area contributed by atoms with E-state index in [0.717, 1.165) is 16.8 Å². The third kappa shape index (κ3) is 6.69. The van der Waals surface area contributed by atoms with Gasteiger partial charge in [0.2, 0.25) is 0 Å². The molecule has 0 fully saturated rings. The first-order valence-electron chi connectivity index (χ1n) is 9.90. The average Bonchev–Trinajstić information content (AvgIpc) is 2.81. The van der Waals surface area contributed by atoms with Crippen molar-refractivity contribution in [2.75, 3.05) is 11.9 Å². The van der Waals surface area contributed by atoms with E-state index in [0.29, 0.717) is 37.6 Å². The van der Waals surface area contributed by atoms with Crippen molar-refractivity contribution in [2.24, 2.45) is 4.99 Å². The first-order chi connectivity index (χ1) is 15.2. The minimum atomic E-state index is -0.289. The second kappa shape index (κ2) is 11.1. The summed E-state index contributed by atoms with van der Waals surface area (Å²) in [5.41, 5.74) is 3.32. The lowest BCUT2D eigenvalue weighted by Gasteiger charge is -2.26. The average molecular weight is 411 g/mol. The number of rotatable bonds is 7. The predicted octanol–water partition coefficient (Wildman–Crippen LogP) is 5.08. The number of aliphatic imine (C=N–C) groups is 1. The fourth-order valence-electron chi connectivity index (χ4n) is 2.98. The summed E-state index contributed by atoms with van der Waals surface area (Å²) < 4.78 is 13.2. The Morgan fingerprint density at radius 1 is 0.903 bits per heavy atom. The van der Waals surface area contributed by atoms with E-state index < -0.39 is 0 Å². The van der Waals surface area contributed by atoms with Gasteiger partial charge in [-0.05, 0) is 47.5 Å². The van der Waals surface area contributed by atoms with Gasteiger partial charge >= 0.3 is 0 Å². The second-order valence-electron chi connectivity index (χ2n) is 6.90. The lowest BCUT2D eigenvalue weighted by molar-refractivity contribution is 0.418. The molecule has 0 amide bonds. The van der Waals surface area contributed by atoms with E-state index >= 15 is 0 Å². The van der Waals surface area contributed by atoms with Crippen molar-refractivity contribution in [3.63, 3.8) is 0 Å². The van der Waals surface area contributed by atoms with Gasteiger partial charge in [-0.15, -0.1) is 0 Å². The van der Waals surface area contributed by atoms with E-state index in [2.05, 4.69) is 17.5 Å². The highest BCUT2D eigenvalue weighted by atomic mass is 19.1. The molecule has 31 heavy (non-hydrogen) atoms. The Hall–Kier alpha value is -4.16. The fraction of sp³-hybridized carbons (Fsp3) is 0.160. The van der Waals surface area contributed by atoms with E-state index in [1.54, 1.807) is 24.3 Å². The predicted molar refractivity (Wildman–Crippen MR) is 119 cm³/mol. The number of nitriles is 2. The third-order valence-electron chi connectivity index (χ3n) is 4.60. The quantitative estimate of drug-likeness (QED) is 0.434. The van der Waals surface area contributed by atoms with Gasteiger partial charge in [0.15, 0.2) is 5.96 Å². The molecule has 0 aliphatic heterocycles. The van der Waals surface area contributed by atoms with Crippen LogP contribution in [0.2, 0.25) is 0 Å². The number of hydrogen-bond donors (Lipinski definition) is 1. The summed E-state index contributed by atoms with van der Waals surface area (Å²) in [6.45, 7) is 1.43. The first kappa shape index (κ1) is 21.5. The van der Waals surface area contributed by atoms with Crippen LogP contribution < -0.4 is 5.32 Å². The van der Waals surface area contributed by atoms with Crippen LogP contribution in [0.3, 0.4) is 0 Å². The van der Waals surface area contributed by atoms with Crippen molar-refractivity contribution in [1.82, 2.24) is 4.90 Å². The minimum absolute atomic E-state index is 0.289. The molecule has 0 heterocycles. The van der Waals surface area contributed by atoms with Gasteiger partial charge in [0.05, 0.1) is 30.7 Å². The summed E-state index contributed by atoms with van der Waals surface area (Å²) >= 11 is 0. The molecule has 3 aromatic carbocycles. The number of anilines is 1. The summed E-state index contributed by atoms with van der Waals surface area (Å²) in [5.74, 6) is 0.316. The lowest BCUT2D eigenvalue weighted by atomic mass is 10.2.